The van der Waals surface area contributed by atoms with E-state index in [1.165, 1.54) is 180 Å². The predicted molar refractivity (Wildman–Crippen MR) is 207 cm³/mol. The highest BCUT2D eigenvalue weighted by Crippen LogP contribution is 2.16. The van der Waals surface area contributed by atoms with Gasteiger partial charge in [-0.25, -0.2) is 14.2 Å². The molecule has 0 aliphatic carbocycles. The molecule has 0 fully saturated rings. The van der Waals surface area contributed by atoms with Crippen LogP contribution in [0, 0.1) is 0 Å². The summed E-state index contributed by atoms with van der Waals surface area (Å²) < 4.78 is 12.8. The molecule has 0 radical (unpaired) electrons. The number of ether oxygens (including phenoxy) is 2. The Morgan fingerprint density at radius 1 is 0.408 bits per heavy atom. The van der Waals surface area contributed by atoms with Crippen molar-refractivity contribution < 1.29 is 23.6 Å². The Kier molecular flexibility index (Phi) is 31.8. The van der Waals surface area contributed by atoms with Gasteiger partial charge in [-0.2, -0.15) is 0 Å². The average molecular weight is 687 g/mol. The molecule has 0 saturated carbocycles. The van der Waals surface area contributed by atoms with Crippen molar-refractivity contribution in [1.82, 2.24) is 0 Å². The van der Waals surface area contributed by atoms with Gasteiger partial charge in [0.2, 0.25) is 0 Å². The number of unbranched alkanes of at least 4 members (excludes halogenated alkanes) is 30. The molecule has 0 bridgehead atoms. The third-order valence-corrected chi connectivity index (χ3v) is 9.93. The second-order valence-electron chi connectivity index (χ2n) is 14.9. The second-order valence-corrected chi connectivity index (χ2v) is 14.9. The number of pyridine rings is 1. The number of hydrogen-bond donors (Lipinski definition) is 0. The van der Waals surface area contributed by atoms with Crippen molar-refractivity contribution in [3.63, 3.8) is 0 Å². The minimum atomic E-state index is -0.371. The number of aryl methyl sites for hydroxylation is 1. The molecule has 0 aliphatic heterocycles. The molecule has 1 rings (SSSR count). The Balaban J connectivity index is 2.01. The van der Waals surface area contributed by atoms with Gasteiger partial charge in [0.05, 0.1) is 13.2 Å². The topological polar surface area (TPSA) is 56.5 Å². The average Bonchev–Trinajstić information content (AvgIpc) is 3.10. The molecule has 0 atom stereocenters. The van der Waals surface area contributed by atoms with E-state index in [9.17, 15) is 9.59 Å². The Morgan fingerprint density at radius 2 is 0.633 bits per heavy atom. The maximum absolute atomic E-state index is 12.7. The first-order chi connectivity index (χ1) is 24.1. The summed E-state index contributed by atoms with van der Waals surface area (Å²) in [4.78, 5) is 25.3. The van der Waals surface area contributed by atoms with E-state index in [0.717, 1.165) is 25.7 Å². The zero-order valence-corrected chi connectivity index (χ0v) is 32.9. The van der Waals surface area contributed by atoms with Gasteiger partial charge in [-0.3, -0.25) is 0 Å². The van der Waals surface area contributed by atoms with Crippen molar-refractivity contribution in [2.24, 2.45) is 7.05 Å². The molecule has 1 heterocycles. The second kappa shape index (κ2) is 34.5. The number of carbonyl (C=O) groups is 2. The van der Waals surface area contributed by atoms with E-state index in [4.69, 9.17) is 9.47 Å². The fourth-order valence-electron chi connectivity index (χ4n) is 6.74. The molecule has 0 N–H and O–H groups in total. The van der Waals surface area contributed by atoms with E-state index in [1.54, 1.807) is 23.0 Å². The largest absolute Gasteiger partial charge is 0.462 e. The normalized spacial score (nSPS) is 11.2. The van der Waals surface area contributed by atoms with Crippen LogP contribution < -0.4 is 4.57 Å². The number of nitrogens with zero attached hydrogens (tertiary/aromatic N) is 1. The number of hydrogen-bond acceptors (Lipinski definition) is 4. The monoisotopic (exact) mass is 687 g/mol. The van der Waals surface area contributed by atoms with Crippen molar-refractivity contribution in [3.05, 3.63) is 29.6 Å². The molecular formula is C44H80NO4+. The first-order valence-corrected chi connectivity index (χ1v) is 21.4. The van der Waals surface area contributed by atoms with Crippen LogP contribution in [0.4, 0.5) is 0 Å². The quantitative estimate of drug-likeness (QED) is 0.0400. The van der Waals surface area contributed by atoms with Crippen molar-refractivity contribution >= 4 is 11.9 Å². The van der Waals surface area contributed by atoms with Gasteiger partial charge in [-0.1, -0.05) is 206 Å². The van der Waals surface area contributed by atoms with Gasteiger partial charge in [0.25, 0.3) is 0 Å². The number of carbonyl (C=O) groups excluding carboxylic acids is 2. The van der Waals surface area contributed by atoms with Crippen LogP contribution in [0.2, 0.25) is 0 Å². The van der Waals surface area contributed by atoms with Crippen LogP contribution in [0.5, 0.6) is 0 Å². The molecule has 49 heavy (non-hydrogen) atoms. The lowest BCUT2D eigenvalue weighted by Gasteiger charge is -2.07. The van der Waals surface area contributed by atoms with Gasteiger partial charge < -0.3 is 9.47 Å². The van der Waals surface area contributed by atoms with Crippen LogP contribution in [-0.4, -0.2) is 25.2 Å². The summed E-state index contributed by atoms with van der Waals surface area (Å²) in [5.41, 5.74) is 0.798. The van der Waals surface area contributed by atoms with Crippen LogP contribution >= 0.6 is 0 Å². The minimum absolute atomic E-state index is 0.371. The highest BCUT2D eigenvalue weighted by molar-refractivity contribution is 5.94. The first-order valence-electron chi connectivity index (χ1n) is 21.4. The van der Waals surface area contributed by atoms with Crippen LogP contribution in [-0.2, 0) is 16.5 Å². The molecule has 5 heteroatoms. The van der Waals surface area contributed by atoms with E-state index >= 15 is 0 Å². The summed E-state index contributed by atoms with van der Waals surface area (Å²) in [7, 11) is 1.82. The van der Waals surface area contributed by atoms with E-state index in [1.807, 2.05) is 7.05 Å². The molecule has 0 aromatic carbocycles. The molecular weight excluding hydrogens is 606 g/mol. The molecule has 0 amide bonds. The SMILES string of the molecule is CCCCCCCCCCCCCCCCCCOC(=O)c1cc(C(=O)OCCCCCCCCCCCCCCCCCC)c[n+](C)c1. The maximum atomic E-state index is 12.7. The fourth-order valence-corrected chi connectivity index (χ4v) is 6.74. The molecule has 0 saturated heterocycles. The molecule has 1 aromatic heterocycles. The number of rotatable bonds is 36. The Labute approximate surface area is 304 Å². The van der Waals surface area contributed by atoms with E-state index < -0.39 is 0 Å². The van der Waals surface area contributed by atoms with Crippen molar-refractivity contribution in [2.45, 2.75) is 219 Å². The molecule has 0 unspecified atom stereocenters. The number of aromatic nitrogens is 1. The van der Waals surface area contributed by atoms with Crippen LogP contribution in [0.25, 0.3) is 0 Å². The Bertz CT molecular complexity index is 833. The molecule has 5 nitrogen and oxygen atoms in total. The maximum Gasteiger partial charge on any atom is 0.344 e. The summed E-state index contributed by atoms with van der Waals surface area (Å²) >= 11 is 0. The highest BCUT2D eigenvalue weighted by Gasteiger charge is 2.18. The molecule has 1 aromatic rings. The molecule has 0 aliphatic rings. The van der Waals surface area contributed by atoms with Crippen molar-refractivity contribution in [2.75, 3.05) is 13.2 Å². The van der Waals surface area contributed by atoms with Crippen LogP contribution in [0.3, 0.4) is 0 Å². The van der Waals surface area contributed by atoms with E-state index in [-0.39, 0.29) is 11.9 Å². The lowest BCUT2D eigenvalue weighted by Crippen LogP contribution is -2.31. The molecule has 284 valence electrons. The summed E-state index contributed by atoms with van der Waals surface area (Å²) in [5.74, 6) is -0.743. The summed E-state index contributed by atoms with van der Waals surface area (Å²) in [6.45, 7) is 5.41. The highest BCUT2D eigenvalue weighted by atomic mass is 16.5. The lowest BCUT2D eigenvalue weighted by molar-refractivity contribution is -0.671. The van der Waals surface area contributed by atoms with Crippen LogP contribution in [0.1, 0.15) is 240 Å². The van der Waals surface area contributed by atoms with Crippen molar-refractivity contribution in [3.8, 4) is 0 Å². The number of esters is 2. The van der Waals surface area contributed by atoms with Gasteiger partial charge in [0.15, 0.2) is 12.4 Å². The van der Waals surface area contributed by atoms with Crippen LogP contribution in [0.15, 0.2) is 18.5 Å². The van der Waals surface area contributed by atoms with Gasteiger partial charge in [-0.15, -0.1) is 0 Å². The third kappa shape index (κ3) is 28.5. The summed E-state index contributed by atoms with van der Waals surface area (Å²) in [6.07, 6.45) is 45.6. The van der Waals surface area contributed by atoms with Gasteiger partial charge in [-0.05, 0) is 18.9 Å². The Morgan fingerprint density at radius 3 is 0.878 bits per heavy atom. The smallest absolute Gasteiger partial charge is 0.344 e. The standard InChI is InChI=1S/C44H80NO4/c1-4-6-8-10-12-14-16-18-20-22-24-26-28-30-32-34-36-48-43(46)41-38-42(40-45(3)39-41)44(47)49-37-35-33-31-29-27-25-23-21-19-17-15-13-11-9-7-5-2/h38-40H,4-37H2,1-3H3/q+1. The summed E-state index contributed by atoms with van der Waals surface area (Å²) in [5, 5.41) is 0. The van der Waals surface area contributed by atoms with Gasteiger partial charge >= 0.3 is 11.9 Å². The van der Waals surface area contributed by atoms with Crippen molar-refractivity contribution in [1.29, 1.82) is 0 Å². The zero-order valence-electron chi connectivity index (χ0n) is 32.9. The fraction of sp³-hybridized carbons (Fsp3) is 0.841. The minimum Gasteiger partial charge on any atom is -0.462 e. The van der Waals surface area contributed by atoms with E-state index in [2.05, 4.69) is 13.8 Å². The Hall–Kier alpha value is -1.91. The summed E-state index contributed by atoms with van der Waals surface area (Å²) in [6, 6.07) is 1.60. The van der Waals surface area contributed by atoms with Gasteiger partial charge in [0.1, 0.15) is 18.2 Å². The third-order valence-electron chi connectivity index (χ3n) is 9.93. The predicted octanol–water partition coefficient (Wildman–Crippen LogP) is 13.3. The van der Waals surface area contributed by atoms with Gasteiger partial charge in [0, 0.05) is 0 Å². The zero-order chi connectivity index (χ0) is 35.5. The molecule has 0 spiro atoms. The lowest BCUT2D eigenvalue weighted by atomic mass is 10.0. The van der Waals surface area contributed by atoms with E-state index in [0.29, 0.717) is 24.3 Å². The first kappa shape index (κ1) is 45.1.